The van der Waals surface area contributed by atoms with Crippen molar-refractivity contribution in [3.8, 4) is 0 Å². The third-order valence-corrected chi connectivity index (χ3v) is 4.22. The molecule has 0 aliphatic heterocycles. The molecule has 0 spiro atoms. The van der Waals surface area contributed by atoms with E-state index in [0.29, 0.717) is 12.5 Å². The first-order chi connectivity index (χ1) is 9.87. The molecule has 0 saturated carbocycles. The molecule has 0 rings (SSSR count). The maximum Gasteiger partial charge on any atom is 0.0808 e. The van der Waals surface area contributed by atoms with Gasteiger partial charge in [0.2, 0.25) is 0 Å². The number of carbonyl (C=O) groups excluding carboxylic acids is 1. The smallest absolute Gasteiger partial charge is 0.0808 e. The largest absolute Gasteiger partial charge is 0.550 e. The lowest BCUT2D eigenvalue weighted by molar-refractivity contribution is -0.923. The van der Waals surface area contributed by atoms with Crippen molar-refractivity contribution in [1.82, 2.24) is 0 Å². The number of carbonyl (C=O) groups is 1. The summed E-state index contributed by atoms with van der Waals surface area (Å²) >= 11 is 0. The lowest BCUT2D eigenvalue weighted by atomic mass is 10.1. The van der Waals surface area contributed by atoms with Crippen LogP contribution in [0.3, 0.4) is 0 Å². The van der Waals surface area contributed by atoms with Crippen LogP contribution in [-0.2, 0) is 4.79 Å². The fraction of sp³-hybridized carbons (Fsp3) is 0.941. The highest BCUT2D eigenvalue weighted by atomic mass is 16.4. The first-order valence-electron chi connectivity index (χ1n) is 8.53. The van der Waals surface area contributed by atoms with E-state index in [4.69, 9.17) is 5.11 Å². The maximum atomic E-state index is 9.93. The molecular weight excluding hydrogens is 266 g/mol. The van der Waals surface area contributed by atoms with E-state index < -0.39 is 5.97 Å². The summed E-state index contributed by atoms with van der Waals surface area (Å²) < 4.78 is 1.15. The number of quaternary nitrogens is 1. The Bertz CT molecular complexity index is 230. The van der Waals surface area contributed by atoms with Gasteiger partial charge < -0.3 is 19.5 Å². The molecule has 0 bridgehead atoms. The van der Waals surface area contributed by atoms with Crippen LogP contribution in [-0.4, -0.2) is 48.3 Å². The third-order valence-electron chi connectivity index (χ3n) is 4.22. The molecule has 0 saturated heterocycles. The van der Waals surface area contributed by atoms with Gasteiger partial charge in [-0.25, -0.2) is 0 Å². The van der Waals surface area contributed by atoms with Crippen LogP contribution in [0.1, 0.15) is 66.7 Å². The van der Waals surface area contributed by atoms with Crippen LogP contribution in [0.25, 0.3) is 0 Å². The van der Waals surface area contributed by atoms with Crippen molar-refractivity contribution in [2.45, 2.75) is 66.7 Å². The molecule has 0 atom stereocenters. The number of carboxylic acid groups (broad SMARTS) is 1. The monoisotopic (exact) mass is 303 g/mol. The summed E-state index contributed by atoms with van der Waals surface area (Å²) in [5.41, 5.74) is 0. The van der Waals surface area contributed by atoms with E-state index in [1.54, 1.807) is 0 Å². The van der Waals surface area contributed by atoms with Gasteiger partial charge in [-0.3, -0.25) is 0 Å². The van der Waals surface area contributed by atoms with E-state index in [-0.39, 0.29) is 6.42 Å². The minimum Gasteiger partial charge on any atom is -0.550 e. The molecule has 4 nitrogen and oxygen atoms in total. The molecule has 0 aromatic rings. The quantitative estimate of drug-likeness (QED) is 0.470. The number of aliphatic hydroxyl groups is 1. The molecule has 0 aromatic heterocycles. The highest BCUT2D eigenvalue weighted by Gasteiger charge is 2.18. The van der Waals surface area contributed by atoms with Crippen LogP contribution < -0.4 is 5.11 Å². The van der Waals surface area contributed by atoms with E-state index in [1.807, 2.05) is 0 Å². The molecule has 4 heteroatoms. The van der Waals surface area contributed by atoms with Crippen molar-refractivity contribution in [1.29, 1.82) is 0 Å². The number of rotatable bonds is 11. The molecule has 0 aromatic carbocycles. The van der Waals surface area contributed by atoms with E-state index >= 15 is 0 Å². The Morgan fingerprint density at radius 3 is 1.90 bits per heavy atom. The standard InChI is InChI=1S/C9H22NO.C8H16O2/c1-4-10(5-2,6-3)8-7-9-11;1-7(2)5-3-4-6-8(9)10/h11H,4-9H2,1-3H3;7H,3-6H2,1-2H3,(H,9,10)/q+1;/p-1. The number of aliphatic carboxylic acids is 1. The Balaban J connectivity index is 0. The van der Waals surface area contributed by atoms with E-state index in [9.17, 15) is 9.90 Å². The zero-order chi connectivity index (χ0) is 16.7. The Hall–Kier alpha value is -0.610. The highest BCUT2D eigenvalue weighted by molar-refractivity contribution is 5.63. The van der Waals surface area contributed by atoms with Gasteiger partial charge >= 0.3 is 0 Å². The second kappa shape index (κ2) is 14.3. The zero-order valence-corrected chi connectivity index (χ0v) is 14.9. The lowest BCUT2D eigenvalue weighted by Crippen LogP contribution is -2.48. The normalized spacial score (nSPS) is 11.2. The lowest BCUT2D eigenvalue weighted by Gasteiger charge is -2.35. The van der Waals surface area contributed by atoms with Crippen molar-refractivity contribution in [3.05, 3.63) is 0 Å². The number of unbranched alkanes of at least 4 members (excludes halogenated alkanes) is 1. The third kappa shape index (κ3) is 14.1. The number of carboxylic acids is 1. The fourth-order valence-corrected chi connectivity index (χ4v) is 2.37. The van der Waals surface area contributed by atoms with Crippen molar-refractivity contribution >= 4 is 5.97 Å². The molecule has 0 amide bonds. The van der Waals surface area contributed by atoms with Gasteiger partial charge in [-0.1, -0.05) is 26.7 Å². The van der Waals surface area contributed by atoms with E-state index in [2.05, 4.69) is 34.6 Å². The average Bonchev–Trinajstić information content (AvgIpc) is 2.46. The predicted octanol–water partition coefficient (Wildman–Crippen LogP) is 2.20. The predicted molar refractivity (Wildman–Crippen MR) is 86.8 cm³/mol. The van der Waals surface area contributed by atoms with Gasteiger partial charge in [0.05, 0.1) is 26.2 Å². The van der Waals surface area contributed by atoms with Crippen LogP contribution >= 0.6 is 0 Å². The number of hydrogen-bond donors (Lipinski definition) is 1. The first kappa shape index (κ1) is 22.7. The molecule has 1 N–H and O–H groups in total. The molecule has 0 unspecified atom stereocenters. The Morgan fingerprint density at radius 1 is 1.05 bits per heavy atom. The first-order valence-corrected chi connectivity index (χ1v) is 8.53. The Morgan fingerprint density at radius 2 is 1.57 bits per heavy atom. The van der Waals surface area contributed by atoms with E-state index in [0.717, 1.165) is 36.7 Å². The number of hydrogen-bond acceptors (Lipinski definition) is 3. The van der Waals surface area contributed by atoms with Crippen molar-refractivity contribution in [2.24, 2.45) is 5.92 Å². The SMILES string of the molecule is CC(C)CCCCC(=O)[O-].CC[N+](CC)(CC)CCCO. The minimum atomic E-state index is -0.927. The van der Waals surface area contributed by atoms with Gasteiger partial charge in [0, 0.05) is 19.0 Å². The highest BCUT2D eigenvalue weighted by Crippen LogP contribution is 2.07. The zero-order valence-electron chi connectivity index (χ0n) is 14.9. The molecular formula is C17H37NO3. The number of nitrogens with zero attached hydrogens (tertiary/aromatic N) is 1. The van der Waals surface area contributed by atoms with E-state index in [1.165, 1.54) is 19.6 Å². The van der Waals surface area contributed by atoms with Crippen LogP contribution in [0, 0.1) is 5.92 Å². The van der Waals surface area contributed by atoms with Crippen LogP contribution in [0.4, 0.5) is 0 Å². The summed E-state index contributed by atoms with van der Waals surface area (Å²) in [7, 11) is 0. The molecule has 0 aliphatic carbocycles. The van der Waals surface area contributed by atoms with Crippen LogP contribution in [0.2, 0.25) is 0 Å². The summed E-state index contributed by atoms with van der Waals surface area (Å²) in [6.45, 7) is 16.0. The summed E-state index contributed by atoms with van der Waals surface area (Å²) in [4.78, 5) is 9.93. The van der Waals surface area contributed by atoms with Gasteiger partial charge in [-0.15, -0.1) is 0 Å². The summed E-state index contributed by atoms with van der Waals surface area (Å²) in [6.07, 6.45) is 4.04. The molecule has 0 radical (unpaired) electrons. The Kier molecular flexibility index (Phi) is 15.5. The average molecular weight is 303 g/mol. The van der Waals surface area contributed by atoms with Gasteiger partial charge in [0.25, 0.3) is 0 Å². The molecule has 0 heterocycles. The van der Waals surface area contributed by atoms with Crippen molar-refractivity contribution < 1.29 is 19.5 Å². The second-order valence-electron chi connectivity index (χ2n) is 6.10. The molecule has 0 aliphatic rings. The Labute approximate surface area is 131 Å². The molecule has 0 fully saturated rings. The second-order valence-corrected chi connectivity index (χ2v) is 6.10. The summed E-state index contributed by atoms with van der Waals surface area (Å²) in [6, 6.07) is 0. The molecule has 128 valence electrons. The van der Waals surface area contributed by atoms with Crippen LogP contribution in [0.5, 0.6) is 0 Å². The van der Waals surface area contributed by atoms with Crippen molar-refractivity contribution in [2.75, 3.05) is 32.8 Å². The van der Waals surface area contributed by atoms with Crippen molar-refractivity contribution in [3.63, 3.8) is 0 Å². The minimum absolute atomic E-state index is 0.215. The van der Waals surface area contributed by atoms with Gasteiger partial charge in [0.15, 0.2) is 0 Å². The van der Waals surface area contributed by atoms with Gasteiger partial charge in [0.1, 0.15) is 0 Å². The molecule has 21 heavy (non-hydrogen) atoms. The summed E-state index contributed by atoms with van der Waals surface area (Å²) in [5, 5.41) is 18.6. The van der Waals surface area contributed by atoms with Gasteiger partial charge in [-0.2, -0.15) is 0 Å². The fourth-order valence-electron chi connectivity index (χ4n) is 2.37. The number of aliphatic hydroxyl groups excluding tert-OH is 1. The maximum absolute atomic E-state index is 9.93. The van der Waals surface area contributed by atoms with Crippen LogP contribution in [0.15, 0.2) is 0 Å². The van der Waals surface area contributed by atoms with Gasteiger partial charge in [-0.05, 0) is 39.5 Å². The summed E-state index contributed by atoms with van der Waals surface area (Å²) in [5.74, 6) is -0.245. The topological polar surface area (TPSA) is 60.4 Å².